The van der Waals surface area contributed by atoms with Gasteiger partial charge in [0.1, 0.15) is 5.75 Å². The van der Waals surface area contributed by atoms with Crippen molar-refractivity contribution in [3.05, 3.63) is 53.1 Å². The second kappa shape index (κ2) is 4.37. The summed E-state index contributed by atoms with van der Waals surface area (Å²) >= 11 is 5.89. The van der Waals surface area contributed by atoms with E-state index in [1.165, 1.54) is 6.21 Å². The predicted molar refractivity (Wildman–Crippen MR) is 66.4 cm³/mol. The Hall–Kier alpha value is -1.80. The molecule has 0 aliphatic carbocycles. The van der Waals surface area contributed by atoms with Gasteiger partial charge in [-0.25, -0.2) is 0 Å². The molecular formula is C13H10ClNO. The highest BCUT2D eigenvalue weighted by Crippen LogP contribution is 2.33. The van der Waals surface area contributed by atoms with Gasteiger partial charge in [-0.15, -0.1) is 0 Å². The highest BCUT2D eigenvalue weighted by Gasteiger charge is 2.07. The van der Waals surface area contributed by atoms with Gasteiger partial charge >= 0.3 is 0 Å². The van der Waals surface area contributed by atoms with Gasteiger partial charge in [0.2, 0.25) is 0 Å². The maximum Gasteiger partial charge on any atom is 0.123 e. The molecule has 0 bridgehead atoms. The third-order valence-corrected chi connectivity index (χ3v) is 2.60. The zero-order chi connectivity index (χ0) is 11.5. The quantitative estimate of drug-likeness (QED) is 0.761. The fourth-order valence-electron chi connectivity index (χ4n) is 1.59. The van der Waals surface area contributed by atoms with Gasteiger partial charge < -0.3 is 10.5 Å². The van der Waals surface area contributed by atoms with Crippen molar-refractivity contribution in [2.24, 2.45) is 0 Å². The zero-order valence-corrected chi connectivity index (χ0v) is 9.20. The second-order valence-corrected chi connectivity index (χ2v) is 3.83. The summed E-state index contributed by atoms with van der Waals surface area (Å²) in [7, 11) is 0. The summed E-state index contributed by atoms with van der Waals surface area (Å²) in [6.45, 7) is 0. The Bertz CT molecular complexity index is 537. The average Bonchev–Trinajstić information content (AvgIpc) is 2.32. The molecule has 0 radical (unpaired) electrons. The molecule has 2 nitrogen and oxygen atoms in total. The van der Waals surface area contributed by atoms with Crippen LogP contribution in [-0.2, 0) is 0 Å². The van der Waals surface area contributed by atoms with Crippen LogP contribution in [0, 0.1) is 5.41 Å². The fraction of sp³-hybridized carbons (Fsp3) is 0. The van der Waals surface area contributed by atoms with Crippen LogP contribution in [0.2, 0.25) is 5.02 Å². The number of aromatic hydroxyl groups is 1. The third-order valence-electron chi connectivity index (χ3n) is 2.37. The number of phenols is 1. The summed E-state index contributed by atoms with van der Waals surface area (Å²) < 4.78 is 0. The average molecular weight is 232 g/mol. The van der Waals surface area contributed by atoms with Crippen molar-refractivity contribution in [2.75, 3.05) is 0 Å². The van der Waals surface area contributed by atoms with E-state index in [0.29, 0.717) is 10.6 Å². The topological polar surface area (TPSA) is 44.1 Å². The largest absolute Gasteiger partial charge is 0.507 e. The molecule has 0 amide bonds. The van der Waals surface area contributed by atoms with Gasteiger partial charge in [0.15, 0.2) is 0 Å². The molecular weight excluding hydrogens is 222 g/mol. The van der Waals surface area contributed by atoms with Gasteiger partial charge in [0, 0.05) is 16.8 Å². The molecule has 0 heterocycles. The number of hydrogen-bond donors (Lipinski definition) is 2. The molecule has 0 atom stereocenters. The summed E-state index contributed by atoms with van der Waals surface area (Å²) in [5.74, 6) is 0.165. The Morgan fingerprint density at radius 1 is 1.06 bits per heavy atom. The van der Waals surface area contributed by atoms with Crippen LogP contribution >= 0.6 is 11.6 Å². The fourth-order valence-corrected chi connectivity index (χ4v) is 1.76. The summed E-state index contributed by atoms with van der Waals surface area (Å²) in [4.78, 5) is 0. The number of halogens is 1. The van der Waals surface area contributed by atoms with Crippen LogP contribution in [0.15, 0.2) is 42.5 Å². The Morgan fingerprint density at radius 3 is 2.56 bits per heavy atom. The lowest BCUT2D eigenvalue weighted by atomic mass is 9.99. The molecule has 2 aromatic rings. The minimum atomic E-state index is 0.165. The van der Waals surface area contributed by atoms with E-state index in [1.54, 1.807) is 18.2 Å². The molecule has 2 aromatic carbocycles. The maximum atomic E-state index is 9.77. The molecule has 80 valence electrons. The minimum absolute atomic E-state index is 0.165. The predicted octanol–water partition coefficient (Wildman–Crippen LogP) is 3.71. The summed E-state index contributed by atoms with van der Waals surface area (Å²) in [5.41, 5.74) is 2.20. The monoisotopic (exact) mass is 231 g/mol. The van der Waals surface area contributed by atoms with Crippen molar-refractivity contribution < 1.29 is 5.11 Å². The van der Waals surface area contributed by atoms with Crippen molar-refractivity contribution in [2.45, 2.75) is 0 Å². The molecule has 0 saturated carbocycles. The van der Waals surface area contributed by atoms with Crippen molar-refractivity contribution in [1.29, 1.82) is 5.41 Å². The number of benzene rings is 2. The first-order valence-electron chi connectivity index (χ1n) is 4.81. The van der Waals surface area contributed by atoms with Gasteiger partial charge in [-0.05, 0) is 29.3 Å². The van der Waals surface area contributed by atoms with E-state index in [2.05, 4.69) is 0 Å². The highest BCUT2D eigenvalue weighted by molar-refractivity contribution is 6.31. The lowest BCUT2D eigenvalue weighted by Crippen LogP contribution is -1.87. The SMILES string of the molecule is N=Cc1ccccc1-c1cc(Cl)ccc1O. The van der Waals surface area contributed by atoms with Gasteiger partial charge in [-0.1, -0.05) is 35.9 Å². The van der Waals surface area contributed by atoms with Gasteiger partial charge in [-0.2, -0.15) is 0 Å². The molecule has 0 aromatic heterocycles. The Kier molecular flexibility index (Phi) is 2.93. The second-order valence-electron chi connectivity index (χ2n) is 3.39. The summed E-state index contributed by atoms with van der Waals surface area (Å²) in [6.07, 6.45) is 1.26. The molecule has 2 N–H and O–H groups in total. The first-order valence-corrected chi connectivity index (χ1v) is 5.18. The van der Waals surface area contributed by atoms with Gasteiger partial charge in [0.25, 0.3) is 0 Å². The first kappa shape index (κ1) is 10.7. The zero-order valence-electron chi connectivity index (χ0n) is 8.44. The standard InChI is InChI=1S/C13H10ClNO/c14-10-5-6-13(16)12(7-10)11-4-2-1-3-9(11)8-15/h1-8,15-16H. The normalized spacial score (nSPS) is 10.1. The molecule has 0 spiro atoms. The molecule has 2 rings (SSSR count). The summed E-state index contributed by atoms with van der Waals surface area (Å²) in [5, 5.41) is 17.7. The van der Waals surface area contributed by atoms with Crippen molar-refractivity contribution in [3.8, 4) is 16.9 Å². The molecule has 3 heteroatoms. The molecule has 16 heavy (non-hydrogen) atoms. The Balaban J connectivity index is 2.66. The van der Waals surface area contributed by atoms with Crippen molar-refractivity contribution in [1.82, 2.24) is 0 Å². The van der Waals surface area contributed by atoms with Crippen LogP contribution in [0.1, 0.15) is 5.56 Å². The van der Waals surface area contributed by atoms with Gasteiger partial charge in [-0.3, -0.25) is 0 Å². The van der Waals surface area contributed by atoms with E-state index in [9.17, 15) is 5.11 Å². The summed E-state index contributed by atoms with van der Waals surface area (Å²) in [6, 6.07) is 12.3. The Labute approximate surface area is 98.6 Å². The van der Waals surface area contributed by atoms with Crippen molar-refractivity contribution in [3.63, 3.8) is 0 Å². The van der Waals surface area contributed by atoms with Crippen molar-refractivity contribution >= 4 is 17.8 Å². The highest BCUT2D eigenvalue weighted by atomic mass is 35.5. The lowest BCUT2D eigenvalue weighted by Gasteiger charge is -2.08. The van der Waals surface area contributed by atoms with Crippen LogP contribution in [0.5, 0.6) is 5.75 Å². The van der Waals surface area contributed by atoms with Crippen LogP contribution in [0.3, 0.4) is 0 Å². The first-order chi connectivity index (χ1) is 7.72. The molecule has 0 fully saturated rings. The minimum Gasteiger partial charge on any atom is -0.507 e. The van der Waals surface area contributed by atoms with E-state index in [-0.39, 0.29) is 5.75 Å². The van der Waals surface area contributed by atoms with Crippen LogP contribution in [-0.4, -0.2) is 11.3 Å². The Morgan fingerprint density at radius 2 is 1.81 bits per heavy atom. The van der Waals surface area contributed by atoms with E-state index in [0.717, 1.165) is 11.1 Å². The van der Waals surface area contributed by atoms with E-state index < -0.39 is 0 Å². The van der Waals surface area contributed by atoms with Crippen LogP contribution < -0.4 is 0 Å². The number of rotatable bonds is 2. The third kappa shape index (κ3) is 1.92. The number of nitrogens with one attached hydrogen (secondary N) is 1. The molecule has 0 aliphatic heterocycles. The lowest BCUT2D eigenvalue weighted by molar-refractivity contribution is 0.477. The number of hydrogen-bond acceptors (Lipinski definition) is 2. The molecule has 0 aliphatic rings. The van der Waals surface area contributed by atoms with Crippen LogP contribution in [0.4, 0.5) is 0 Å². The van der Waals surface area contributed by atoms with Crippen LogP contribution in [0.25, 0.3) is 11.1 Å². The van der Waals surface area contributed by atoms with E-state index in [1.807, 2.05) is 24.3 Å². The van der Waals surface area contributed by atoms with E-state index >= 15 is 0 Å². The number of phenolic OH excluding ortho intramolecular Hbond substituents is 1. The van der Waals surface area contributed by atoms with Gasteiger partial charge in [0.05, 0.1) is 0 Å². The van der Waals surface area contributed by atoms with E-state index in [4.69, 9.17) is 17.0 Å². The molecule has 0 unspecified atom stereocenters. The smallest absolute Gasteiger partial charge is 0.123 e. The maximum absolute atomic E-state index is 9.77. The molecule has 0 saturated heterocycles.